The van der Waals surface area contributed by atoms with Gasteiger partial charge >= 0.3 is 0 Å². The summed E-state index contributed by atoms with van der Waals surface area (Å²) in [5.41, 5.74) is 4.50. The Bertz CT molecular complexity index is 547. The lowest BCUT2D eigenvalue weighted by molar-refractivity contribution is -0.116. The zero-order valence-corrected chi connectivity index (χ0v) is 10.5. The molecular weight excluding hydrogens is 232 g/mol. The number of hydrogen-bond acceptors (Lipinski definition) is 4. The van der Waals surface area contributed by atoms with Crippen molar-refractivity contribution in [2.45, 2.75) is 6.92 Å². The summed E-state index contributed by atoms with van der Waals surface area (Å²) in [5.74, 6) is 1.09. The third kappa shape index (κ3) is 2.20. The number of amides is 1. The van der Waals surface area contributed by atoms with Crippen LogP contribution in [0.1, 0.15) is 12.5 Å². The number of nitrogens with one attached hydrogen (secondary N) is 1. The maximum atomic E-state index is 11.5. The minimum Gasteiger partial charge on any atom is -0.493 e. The first kappa shape index (κ1) is 12.2. The highest BCUT2D eigenvalue weighted by Gasteiger charge is 2.18. The van der Waals surface area contributed by atoms with Crippen molar-refractivity contribution in [3.8, 4) is 11.5 Å². The fourth-order valence-electron chi connectivity index (χ4n) is 1.70. The molecule has 1 aliphatic heterocycles. The van der Waals surface area contributed by atoms with Crippen molar-refractivity contribution in [2.75, 3.05) is 14.2 Å². The van der Waals surface area contributed by atoms with E-state index in [-0.39, 0.29) is 5.91 Å². The fourth-order valence-corrected chi connectivity index (χ4v) is 1.70. The van der Waals surface area contributed by atoms with Gasteiger partial charge in [0.05, 0.1) is 25.5 Å². The van der Waals surface area contributed by atoms with Gasteiger partial charge in [0.1, 0.15) is 0 Å². The van der Waals surface area contributed by atoms with Crippen molar-refractivity contribution in [2.24, 2.45) is 5.10 Å². The summed E-state index contributed by atoms with van der Waals surface area (Å²) in [6.45, 7) is 1.78. The van der Waals surface area contributed by atoms with Gasteiger partial charge in [0.25, 0.3) is 5.91 Å². The third-order valence-electron chi connectivity index (χ3n) is 2.68. The lowest BCUT2D eigenvalue weighted by atomic mass is 10.1. The second kappa shape index (κ2) is 4.91. The first-order chi connectivity index (χ1) is 8.65. The number of rotatable bonds is 3. The Balaban J connectivity index is 2.38. The Morgan fingerprint density at radius 2 is 1.94 bits per heavy atom. The predicted octanol–water partition coefficient (Wildman–Crippen LogP) is 1.59. The summed E-state index contributed by atoms with van der Waals surface area (Å²) in [7, 11) is 3.15. The van der Waals surface area contributed by atoms with Crippen LogP contribution in [-0.4, -0.2) is 25.8 Å². The van der Waals surface area contributed by atoms with Gasteiger partial charge in [-0.2, -0.15) is 5.10 Å². The molecule has 0 saturated carbocycles. The fraction of sp³-hybridized carbons (Fsp3) is 0.231. The topological polar surface area (TPSA) is 59.9 Å². The van der Waals surface area contributed by atoms with E-state index in [0.717, 1.165) is 5.56 Å². The molecule has 94 valence electrons. The zero-order valence-electron chi connectivity index (χ0n) is 10.5. The van der Waals surface area contributed by atoms with Crippen LogP contribution in [0.5, 0.6) is 11.5 Å². The van der Waals surface area contributed by atoms with Gasteiger partial charge in [-0.15, -0.1) is 0 Å². The number of ether oxygens (including phenoxy) is 2. The van der Waals surface area contributed by atoms with Crippen molar-refractivity contribution in [1.82, 2.24) is 5.43 Å². The van der Waals surface area contributed by atoms with E-state index in [1.807, 2.05) is 12.1 Å². The molecule has 1 amide bonds. The van der Waals surface area contributed by atoms with Crippen LogP contribution < -0.4 is 14.9 Å². The van der Waals surface area contributed by atoms with E-state index < -0.39 is 0 Å². The van der Waals surface area contributed by atoms with Gasteiger partial charge in [-0.3, -0.25) is 4.79 Å². The highest BCUT2D eigenvalue weighted by molar-refractivity contribution is 6.26. The number of carbonyl (C=O) groups is 1. The summed E-state index contributed by atoms with van der Waals surface area (Å²) in [4.78, 5) is 11.5. The molecule has 0 radical (unpaired) electrons. The van der Waals surface area contributed by atoms with E-state index in [0.29, 0.717) is 22.8 Å². The van der Waals surface area contributed by atoms with Gasteiger partial charge in [0, 0.05) is 0 Å². The van der Waals surface area contributed by atoms with Crippen LogP contribution >= 0.6 is 0 Å². The smallest absolute Gasteiger partial charge is 0.273 e. The zero-order chi connectivity index (χ0) is 13.1. The lowest BCUT2D eigenvalue weighted by Gasteiger charge is -2.08. The monoisotopic (exact) mass is 246 g/mol. The molecule has 1 aliphatic rings. The lowest BCUT2D eigenvalue weighted by Crippen LogP contribution is -2.12. The number of nitrogens with zero attached hydrogens (tertiary/aromatic N) is 1. The Morgan fingerprint density at radius 1 is 1.22 bits per heavy atom. The molecule has 1 heterocycles. The molecule has 1 aromatic carbocycles. The van der Waals surface area contributed by atoms with E-state index in [1.54, 1.807) is 33.3 Å². The first-order valence-electron chi connectivity index (χ1n) is 5.44. The molecule has 0 aromatic heterocycles. The van der Waals surface area contributed by atoms with E-state index in [2.05, 4.69) is 10.5 Å². The van der Waals surface area contributed by atoms with E-state index in [4.69, 9.17) is 9.47 Å². The molecule has 0 aliphatic carbocycles. The summed E-state index contributed by atoms with van der Waals surface area (Å²) in [6, 6.07) is 5.46. The quantitative estimate of drug-likeness (QED) is 0.824. The van der Waals surface area contributed by atoms with Gasteiger partial charge < -0.3 is 9.47 Å². The molecule has 1 N–H and O–H groups in total. The van der Waals surface area contributed by atoms with Crippen molar-refractivity contribution < 1.29 is 14.3 Å². The Labute approximate surface area is 105 Å². The van der Waals surface area contributed by atoms with Gasteiger partial charge in [-0.05, 0) is 30.7 Å². The van der Waals surface area contributed by atoms with E-state index in [1.165, 1.54) is 0 Å². The third-order valence-corrected chi connectivity index (χ3v) is 2.68. The number of carbonyl (C=O) groups excluding carboxylic acids is 1. The van der Waals surface area contributed by atoms with Crippen molar-refractivity contribution in [3.63, 3.8) is 0 Å². The molecule has 5 heteroatoms. The van der Waals surface area contributed by atoms with E-state index in [9.17, 15) is 4.79 Å². The maximum absolute atomic E-state index is 11.5. The average molecular weight is 246 g/mol. The molecule has 5 nitrogen and oxygen atoms in total. The minimum absolute atomic E-state index is 0.192. The van der Waals surface area contributed by atoms with Crippen molar-refractivity contribution in [3.05, 3.63) is 29.3 Å². The van der Waals surface area contributed by atoms with E-state index >= 15 is 0 Å². The average Bonchev–Trinajstić information content (AvgIpc) is 2.70. The maximum Gasteiger partial charge on any atom is 0.273 e. The molecule has 0 fully saturated rings. The van der Waals surface area contributed by atoms with Gasteiger partial charge in [0.2, 0.25) is 0 Å². The van der Waals surface area contributed by atoms with Crippen LogP contribution in [0.15, 0.2) is 28.9 Å². The Kier molecular flexibility index (Phi) is 3.32. The van der Waals surface area contributed by atoms with Crippen LogP contribution in [0.25, 0.3) is 6.08 Å². The molecule has 0 bridgehead atoms. The number of hydrazone groups is 1. The van der Waals surface area contributed by atoms with Crippen LogP contribution in [0, 0.1) is 0 Å². The SMILES string of the molecule is COc1ccc(/C=C2/C(=O)NN=C2C)cc1OC. The summed E-state index contributed by atoms with van der Waals surface area (Å²) in [5, 5.41) is 3.86. The molecule has 1 aromatic rings. The van der Waals surface area contributed by atoms with Gasteiger partial charge in [0.15, 0.2) is 11.5 Å². The second-order valence-electron chi connectivity index (χ2n) is 3.81. The number of benzene rings is 1. The molecule has 0 saturated heterocycles. The number of methoxy groups -OCH3 is 2. The summed E-state index contributed by atoms with van der Waals surface area (Å²) >= 11 is 0. The molecule has 2 rings (SSSR count). The Morgan fingerprint density at radius 3 is 2.50 bits per heavy atom. The minimum atomic E-state index is -0.192. The standard InChI is InChI=1S/C13H14N2O3/c1-8-10(13(16)15-14-8)6-9-4-5-11(17-2)12(7-9)18-3/h4-7H,1-3H3,(H,15,16)/b10-6+. The number of hydrogen-bond donors (Lipinski definition) is 1. The highest BCUT2D eigenvalue weighted by Crippen LogP contribution is 2.28. The van der Waals surface area contributed by atoms with Gasteiger partial charge in [-0.1, -0.05) is 6.07 Å². The summed E-state index contributed by atoms with van der Waals surface area (Å²) in [6.07, 6.45) is 1.77. The molecule has 0 unspecified atom stereocenters. The molecule has 18 heavy (non-hydrogen) atoms. The van der Waals surface area contributed by atoms with Crippen molar-refractivity contribution >= 4 is 17.7 Å². The predicted molar refractivity (Wildman–Crippen MR) is 68.8 cm³/mol. The largest absolute Gasteiger partial charge is 0.493 e. The van der Waals surface area contributed by atoms with Crippen molar-refractivity contribution in [1.29, 1.82) is 0 Å². The van der Waals surface area contributed by atoms with Crippen LogP contribution in [0.4, 0.5) is 0 Å². The Hall–Kier alpha value is -2.30. The normalized spacial score (nSPS) is 16.5. The summed E-state index contributed by atoms with van der Waals surface area (Å²) < 4.78 is 10.4. The van der Waals surface area contributed by atoms with Crippen LogP contribution in [0.2, 0.25) is 0 Å². The van der Waals surface area contributed by atoms with Crippen LogP contribution in [-0.2, 0) is 4.79 Å². The molecule has 0 spiro atoms. The first-order valence-corrected chi connectivity index (χ1v) is 5.44. The molecule has 0 atom stereocenters. The van der Waals surface area contributed by atoms with Gasteiger partial charge in [-0.25, -0.2) is 5.43 Å². The van der Waals surface area contributed by atoms with Crippen LogP contribution in [0.3, 0.4) is 0 Å². The second-order valence-corrected chi connectivity index (χ2v) is 3.81. The molecular formula is C13H14N2O3. The highest BCUT2D eigenvalue weighted by atomic mass is 16.5.